The zero-order chi connectivity index (χ0) is 18.8. The molecule has 0 saturated carbocycles. The highest BCUT2D eigenvalue weighted by atomic mass is 16.5. The van der Waals surface area contributed by atoms with Gasteiger partial charge in [-0.2, -0.15) is 0 Å². The van der Waals surface area contributed by atoms with E-state index < -0.39 is 0 Å². The lowest BCUT2D eigenvalue weighted by Gasteiger charge is -2.30. The maximum absolute atomic E-state index is 13.0. The third-order valence-corrected chi connectivity index (χ3v) is 5.37. The number of allylic oxidation sites excluding steroid dienone is 2. The van der Waals surface area contributed by atoms with Crippen LogP contribution in [-0.2, 0) is 0 Å². The van der Waals surface area contributed by atoms with E-state index in [1.807, 2.05) is 11.1 Å². The first kappa shape index (κ1) is 17.7. The lowest BCUT2D eigenvalue weighted by Crippen LogP contribution is -2.37. The molecule has 0 aromatic heterocycles. The van der Waals surface area contributed by atoms with Crippen LogP contribution in [0.3, 0.4) is 0 Å². The Morgan fingerprint density at radius 3 is 2.59 bits per heavy atom. The molecule has 140 valence electrons. The average Bonchev–Trinajstić information content (AvgIpc) is 2.97. The maximum Gasteiger partial charge on any atom is 0.200 e. The SMILES string of the molecule is COc1ccc2c(c1)C(=O)/C(=C1/C=NC=CN1CCN1CCCCC1)C2=O. The second kappa shape index (κ2) is 7.48. The van der Waals surface area contributed by atoms with Crippen LogP contribution in [0.2, 0.25) is 0 Å². The van der Waals surface area contributed by atoms with E-state index in [0.29, 0.717) is 22.6 Å². The molecule has 3 aliphatic rings. The molecule has 6 heteroatoms. The second-order valence-corrected chi connectivity index (χ2v) is 7.00. The van der Waals surface area contributed by atoms with Crippen LogP contribution in [0.5, 0.6) is 5.75 Å². The number of ether oxygens (including phenoxy) is 1. The highest BCUT2D eigenvalue weighted by Gasteiger charge is 2.37. The van der Waals surface area contributed by atoms with Gasteiger partial charge in [-0.25, -0.2) is 0 Å². The second-order valence-electron chi connectivity index (χ2n) is 7.00. The van der Waals surface area contributed by atoms with Gasteiger partial charge in [-0.15, -0.1) is 0 Å². The minimum absolute atomic E-state index is 0.199. The molecule has 1 fully saturated rings. The largest absolute Gasteiger partial charge is 0.497 e. The smallest absolute Gasteiger partial charge is 0.200 e. The predicted molar refractivity (Wildman–Crippen MR) is 103 cm³/mol. The van der Waals surface area contributed by atoms with Gasteiger partial charge >= 0.3 is 0 Å². The monoisotopic (exact) mass is 365 g/mol. The first-order chi connectivity index (χ1) is 13.2. The number of likely N-dealkylation sites (tertiary alicyclic amines) is 1. The van der Waals surface area contributed by atoms with E-state index in [2.05, 4.69) is 9.89 Å². The summed E-state index contributed by atoms with van der Waals surface area (Å²) in [5.74, 6) is 0.0753. The summed E-state index contributed by atoms with van der Waals surface area (Å²) >= 11 is 0. The Labute approximate surface area is 158 Å². The van der Waals surface area contributed by atoms with Crippen molar-refractivity contribution in [2.24, 2.45) is 4.99 Å². The number of rotatable bonds is 4. The molecule has 4 rings (SSSR count). The average molecular weight is 365 g/mol. The van der Waals surface area contributed by atoms with Crippen molar-refractivity contribution in [3.05, 3.63) is 53.0 Å². The van der Waals surface area contributed by atoms with Gasteiger partial charge in [-0.3, -0.25) is 14.6 Å². The number of benzene rings is 1. The molecule has 0 spiro atoms. The Morgan fingerprint density at radius 2 is 1.81 bits per heavy atom. The number of nitrogens with zero attached hydrogens (tertiary/aromatic N) is 3. The summed E-state index contributed by atoms with van der Waals surface area (Å²) in [7, 11) is 1.54. The van der Waals surface area contributed by atoms with Crippen molar-refractivity contribution in [1.29, 1.82) is 0 Å². The summed E-state index contributed by atoms with van der Waals surface area (Å²) in [5, 5.41) is 0. The van der Waals surface area contributed by atoms with Crippen molar-refractivity contribution in [2.75, 3.05) is 33.3 Å². The quantitative estimate of drug-likeness (QED) is 0.606. The summed E-state index contributed by atoms with van der Waals surface area (Å²) in [6, 6.07) is 5.01. The van der Waals surface area contributed by atoms with Gasteiger partial charge in [0.25, 0.3) is 0 Å². The van der Waals surface area contributed by atoms with Gasteiger partial charge in [0.2, 0.25) is 0 Å². The highest BCUT2D eigenvalue weighted by Crippen LogP contribution is 2.32. The van der Waals surface area contributed by atoms with E-state index in [1.165, 1.54) is 19.3 Å². The molecular formula is C21H23N3O3. The van der Waals surface area contributed by atoms with Crippen molar-refractivity contribution in [3.63, 3.8) is 0 Å². The van der Waals surface area contributed by atoms with E-state index in [-0.39, 0.29) is 17.1 Å². The third kappa shape index (κ3) is 3.32. The minimum Gasteiger partial charge on any atom is -0.497 e. The van der Waals surface area contributed by atoms with Crippen molar-refractivity contribution in [3.8, 4) is 5.75 Å². The van der Waals surface area contributed by atoms with Crippen LogP contribution >= 0.6 is 0 Å². The minimum atomic E-state index is -0.256. The van der Waals surface area contributed by atoms with Crippen molar-refractivity contribution in [1.82, 2.24) is 9.80 Å². The summed E-state index contributed by atoms with van der Waals surface area (Å²) in [4.78, 5) is 34.5. The number of fused-ring (bicyclic) bond motifs is 1. The van der Waals surface area contributed by atoms with Crippen molar-refractivity contribution in [2.45, 2.75) is 19.3 Å². The Morgan fingerprint density at radius 1 is 1.04 bits per heavy atom. The molecule has 2 heterocycles. The Bertz CT molecular complexity index is 863. The molecule has 1 aromatic rings. The van der Waals surface area contributed by atoms with Crippen LogP contribution in [0, 0.1) is 0 Å². The van der Waals surface area contributed by atoms with E-state index in [9.17, 15) is 9.59 Å². The molecular weight excluding hydrogens is 342 g/mol. The molecule has 0 atom stereocenters. The zero-order valence-electron chi connectivity index (χ0n) is 15.5. The van der Waals surface area contributed by atoms with Crippen LogP contribution in [-0.4, -0.2) is 60.9 Å². The number of piperidine rings is 1. The Hall–Kier alpha value is -2.73. The number of carbonyl (C=O) groups is 2. The van der Waals surface area contributed by atoms with Crippen LogP contribution in [0.15, 0.2) is 46.9 Å². The normalized spacial score (nSPS) is 22.5. The van der Waals surface area contributed by atoms with E-state index in [1.54, 1.807) is 37.7 Å². The molecule has 27 heavy (non-hydrogen) atoms. The van der Waals surface area contributed by atoms with Gasteiger partial charge in [0.1, 0.15) is 5.75 Å². The topological polar surface area (TPSA) is 62.2 Å². The van der Waals surface area contributed by atoms with Gasteiger partial charge in [0.05, 0.1) is 24.6 Å². The van der Waals surface area contributed by atoms with E-state index >= 15 is 0 Å². The highest BCUT2D eigenvalue weighted by molar-refractivity contribution is 6.41. The van der Waals surface area contributed by atoms with Gasteiger partial charge in [-0.1, -0.05) is 6.42 Å². The standard InChI is InChI=1S/C21H23N3O3/c1-27-15-5-6-16-17(13-15)21(26)19(20(16)25)18-14-22-7-10-24(18)12-11-23-8-3-2-4-9-23/h5-7,10,13-14H,2-4,8-9,11-12H2,1H3/b19-18-. The molecule has 0 amide bonds. The Kier molecular flexibility index (Phi) is 4.90. The van der Waals surface area contributed by atoms with Crippen LogP contribution in [0.4, 0.5) is 0 Å². The van der Waals surface area contributed by atoms with Crippen molar-refractivity contribution >= 4 is 17.8 Å². The fourth-order valence-corrected chi connectivity index (χ4v) is 3.86. The maximum atomic E-state index is 13.0. The summed E-state index contributed by atoms with van der Waals surface area (Å²) in [6.07, 6.45) is 8.92. The summed E-state index contributed by atoms with van der Waals surface area (Å²) in [6.45, 7) is 3.85. The zero-order valence-corrected chi connectivity index (χ0v) is 15.5. The predicted octanol–water partition coefficient (Wildman–Crippen LogP) is 2.67. The number of hydrogen-bond donors (Lipinski definition) is 0. The number of carbonyl (C=O) groups excluding carboxylic acids is 2. The van der Waals surface area contributed by atoms with E-state index in [4.69, 9.17) is 4.74 Å². The number of ketones is 2. The van der Waals surface area contributed by atoms with Gasteiger partial charge in [0.15, 0.2) is 11.6 Å². The molecule has 6 nitrogen and oxygen atoms in total. The number of Topliss-reactive ketones (excluding diaryl/α,β-unsaturated/α-hetero) is 2. The summed E-state index contributed by atoms with van der Waals surface area (Å²) in [5.41, 5.74) is 1.62. The lowest BCUT2D eigenvalue weighted by atomic mass is 10.1. The first-order valence-corrected chi connectivity index (χ1v) is 9.39. The fraction of sp³-hybridized carbons (Fsp3) is 0.381. The molecule has 0 bridgehead atoms. The Balaban J connectivity index is 1.61. The molecule has 1 saturated heterocycles. The van der Waals surface area contributed by atoms with Gasteiger partial charge in [-0.05, 0) is 44.1 Å². The molecule has 1 aromatic carbocycles. The van der Waals surface area contributed by atoms with Crippen molar-refractivity contribution < 1.29 is 14.3 Å². The molecule has 2 aliphatic heterocycles. The first-order valence-electron chi connectivity index (χ1n) is 9.39. The van der Waals surface area contributed by atoms with Crippen LogP contribution in [0.25, 0.3) is 0 Å². The molecule has 0 N–H and O–H groups in total. The summed E-state index contributed by atoms with van der Waals surface area (Å²) < 4.78 is 5.20. The molecule has 0 unspecified atom stereocenters. The lowest BCUT2D eigenvalue weighted by molar-refractivity contribution is 0.0984. The number of aliphatic imine (C=N–C) groups is 1. The number of methoxy groups -OCH3 is 1. The molecule has 1 aliphatic carbocycles. The third-order valence-electron chi connectivity index (χ3n) is 5.37. The number of hydrogen-bond acceptors (Lipinski definition) is 6. The van der Waals surface area contributed by atoms with Crippen LogP contribution < -0.4 is 4.74 Å². The van der Waals surface area contributed by atoms with E-state index in [0.717, 1.165) is 26.2 Å². The van der Waals surface area contributed by atoms with Crippen LogP contribution in [0.1, 0.15) is 40.0 Å². The van der Waals surface area contributed by atoms with Gasteiger partial charge < -0.3 is 14.5 Å². The fourth-order valence-electron chi connectivity index (χ4n) is 3.86. The van der Waals surface area contributed by atoms with Gasteiger partial charge in [0, 0.05) is 36.6 Å². The molecule has 0 radical (unpaired) electrons.